The fourth-order valence-corrected chi connectivity index (χ4v) is 2.11. The van der Waals surface area contributed by atoms with E-state index in [1.165, 1.54) is 25.7 Å². The Morgan fingerprint density at radius 2 is 2.00 bits per heavy atom. The largest absolute Gasteiger partial charge is 0.504 e. The minimum absolute atomic E-state index is 0.200. The first-order valence-electron chi connectivity index (χ1n) is 4.95. The number of ether oxygens (including phenoxy) is 1. The van der Waals surface area contributed by atoms with Crippen LogP contribution in [0.5, 0.6) is 0 Å². The Morgan fingerprint density at radius 1 is 1.42 bits per heavy atom. The molecule has 1 aliphatic heterocycles. The van der Waals surface area contributed by atoms with Crippen molar-refractivity contribution in [2.45, 2.75) is 43.6 Å². The molecule has 70 valence electrons. The van der Waals surface area contributed by atoms with Gasteiger partial charge in [-0.15, -0.1) is 4.05 Å². The molecule has 0 aliphatic carbocycles. The van der Waals surface area contributed by atoms with Crippen LogP contribution in [0.25, 0.3) is 0 Å². The van der Waals surface area contributed by atoms with Gasteiger partial charge in [0.25, 0.3) is 0 Å². The average Bonchev–Trinajstić information content (AvgIpc) is 2.62. The zero-order valence-corrected chi connectivity index (χ0v) is 10.5. The molecule has 0 aromatic rings. The average molecular weight is 203 g/mol. The molecule has 0 aromatic heterocycles. The van der Waals surface area contributed by atoms with Crippen LogP contribution in [-0.4, -0.2) is 32.5 Å². The third-order valence-electron chi connectivity index (χ3n) is 1.87. The summed E-state index contributed by atoms with van der Waals surface area (Å²) < 4.78 is 5.80. The maximum atomic E-state index is 5.67. The first-order chi connectivity index (χ1) is 5.81. The van der Waals surface area contributed by atoms with Crippen molar-refractivity contribution in [2.75, 3.05) is 13.2 Å². The molecular formula is C9H19ClMgO. The summed E-state index contributed by atoms with van der Waals surface area (Å²) in [5, 5.41) is 0. The fourth-order valence-electron chi connectivity index (χ4n) is 1.08. The number of halogens is 1. The second kappa shape index (κ2) is 10.1. The summed E-state index contributed by atoms with van der Waals surface area (Å²) in [6.07, 6.45) is 5.18. The van der Waals surface area contributed by atoms with Crippen LogP contribution in [0.3, 0.4) is 0 Å². The SMILES string of the molecule is C1CCOC1.CCC[CH](C)[Mg][Cl]. The molecule has 12 heavy (non-hydrogen) atoms. The van der Waals surface area contributed by atoms with Crippen molar-refractivity contribution >= 4 is 28.3 Å². The van der Waals surface area contributed by atoms with Crippen LogP contribution in [0.1, 0.15) is 39.5 Å². The van der Waals surface area contributed by atoms with Gasteiger partial charge in [-0.25, -0.2) is 0 Å². The minimum atomic E-state index is -0.200. The lowest BCUT2D eigenvalue weighted by molar-refractivity contribution is 0.198. The van der Waals surface area contributed by atoms with Gasteiger partial charge in [-0.05, 0) is 12.8 Å². The molecule has 1 atom stereocenters. The molecule has 0 amide bonds. The summed E-state index contributed by atoms with van der Waals surface area (Å²) in [5.41, 5.74) is 0. The summed E-state index contributed by atoms with van der Waals surface area (Å²) in [5.74, 6) is 0. The van der Waals surface area contributed by atoms with E-state index in [0.717, 1.165) is 17.3 Å². The molecule has 0 bridgehead atoms. The lowest BCUT2D eigenvalue weighted by Crippen LogP contribution is -1.89. The van der Waals surface area contributed by atoms with Gasteiger partial charge in [-0.2, -0.15) is 0 Å². The quantitative estimate of drug-likeness (QED) is 0.639. The van der Waals surface area contributed by atoms with Crippen LogP contribution < -0.4 is 0 Å². The van der Waals surface area contributed by atoms with Gasteiger partial charge in [0.1, 0.15) is 0 Å². The highest BCUT2D eigenvalue weighted by atomic mass is 35.5. The molecule has 0 N–H and O–H groups in total. The molecular weight excluding hydrogens is 184 g/mol. The second-order valence-corrected chi connectivity index (χ2v) is 6.00. The Bertz CT molecular complexity index is 79.0. The van der Waals surface area contributed by atoms with E-state index < -0.39 is 0 Å². The minimum Gasteiger partial charge on any atom is -0.381 e. The maximum absolute atomic E-state index is 5.67. The Hall–Kier alpha value is 1.02. The number of hydrogen-bond donors (Lipinski definition) is 0. The molecule has 3 heteroatoms. The van der Waals surface area contributed by atoms with Gasteiger partial charge >= 0.3 is 19.3 Å². The Kier molecular flexibility index (Phi) is 11.0. The van der Waals surface area contributed by atoms with Gasteiger partial charge < -0.3 is 13.8 Å². The number of hydrogen-bond acceptors (Lipinski definition) is 1. The molecule has 1 fully saturated rings. The van der Waals surface area contributed by atoms with Crippen LogP contribution in [-0.2, 0) is 4.74 Å². The highest BCUT2D eigenvalue weighted by Crippen LogP contribution is 2.10. The van der Waals surface area contributed by atoms with Crippen molar-refractivity contribution in [1.82, 2.24) is 0 Å². The molecule has 0 radical (unpaired) electrons. The topological polar surface area (TPSA) is 9.23 Å². The Balaban J connectivity index is 0.000000211. The van der Waals surface area contributed by atoms with E-state index in [4.69, 9.17) is 13.8 Å². The van der Waals surface area contributed by atoms with Crippen molar-refractivity contribution in [3.05, 3.63) is 0 Å². The van der Waals surface area contributed by atoms with Gasteiger partial charge in [-0.1, -0.05) is 26.7 Å². The predicted molar refractivity (Wildman–Crippen MR) is 56.0 cm³/mol. The van der Waals surface area contributed by atoms with E-state index in [-0.39, 0.29) is 19.3 Å². The first kappa shape index (κ1) is 13.0. The van der Waals surface area contributed by atoms with Crippen LogP contribution in [0.15, 0.2) is 0 Å². The van der Waals surface area contributed by atoms with Crippen LogP contribution in [0, 0.1) is 0 Å². The Morgan fingerprint density at radius 3 is 2.17 bits per heavy atom. The molecule has 0 saturated carbocycles. The van der Waals surface area contributed by atoms with Gasteiger partial charge in [0.15, 0.2) is 0 Å². The van der Waals surface area contributed by atoms with Crippen molar-refractivity contribution in [2.24, 2.45) is 0 Å². The molecule has 1 rings (SSSR count). The maximum Gasteiger partial charge on any atom is 0.504 e. The molecule has 1 heterocycles. The molecule has 1 saturated heterocycles. The van der Waals surface area contributed by atoms with E-state index in [1.54, 1.807) is 0 Å². The van der Waals surface area contributed by atoms with Crippen molar-refractivity contribution in [3.8, 4) is 0 Å². The summed E-state index contributed by atoms with van der Waals surface area (Å²) in [4.78, 5) is 0. The van der Waals surface area contributed by atoms with E-state index in [2.05, 4.69) is 13.8 Å². The summed E-state index contributed by atoms with van der Waals surface area (Å²) in [7, 11) is 5.67. The van der Waals surface area contributed by atoms with Crippen molar-refractivity contribution in [3.63, 3.8) is 0 Å². The first-order valence-corrected chi connectivity index (χ1v) is 7.90. The van der Waals surface area contributed by atoms with E-state index in [9.17, 15) is 0 Å². The molecule has 1 aliphatic rings. The van der Waals surface area contributed by atoms with Gasteiger partial charge in [-0.3, -0.25) is 0 Å². The van der Waals surface area contributed by atoms with Gasteiger partial charge in [0.2, 0.25) is 0 Å². The number of rotatable bonds is 3. The molecule has 0 aromatic carbocycles. The second-order valence-electron chi connectivity index (χ2n) is 3.37. The lowest BCUT2D eigenvalue weighted by atomic mass is 10.3. The third kappa shape index (κ3) is 9.11. The van der Waals surface area contributed by atoms with Crippen LogP contribution in [0.4, 0.5) is 0 Å². The zero-order valence-electron chi connectivity index (χ0n) is 8.31. The normalized spacial score (nSPS) is 17.6. The van der Waals surface area contributed by atoms with Crippen molar-refractivity contribution in [1.29, 1.82) is 0 Å². The summed E-state index contributed by atoms with van der Waals surface area (Å²) in [6.45, 7) is 6.44. The van der Waals surface area contributed by atoms with Crippen molar-refractivity contribution < 1.29 is 4.74 Å². The fraction of sp³-hybridized carbons (Fsp3) is 1.00. The highest BCUT2D eigenvalue weighted by Gasteiger charge is 2.00. The molecule has 0 spiro atoms. The smallest absolute Gasteiger partial charge is 0.381 e. The monoisotopic (exact) mass is 202 g/mol. The van der Waals surface area contributed by atoms with Gasteiger partial charge in [0.05, 0.1) is 0 Å². The third-order valence-corrected chi connectivity index (χ3v) is 4.39. The predicted octanol–water partition coefficient (Wildman–Crippen LogP) is 3.25. The lowest BCUT2D eigenvalue weighted by Gasteiger charge is -1.99. The van der Waals surface area contributed by atoms with Crippen LogP contribution in [0.2, 0.25) is 4.05 Å². The van der Waals surface area contributed by atoms with E-state index in [0.29, 0.717) is 0 Å². The summed E-state index contributed by atoms with van der Waals surface area (Å²) in [6, 6.07) is 0. The van der Waals surface area contributed by atoms with Crippen LogP contribution >= 0.6 is 9.07 Å². The standard InChI is InChI=1S/C5H11.C4H8O.ClH.Mg/c1-3-5-4-2;1-2-4-5-3-1;;/h3H,4-5H2,1-2H3;1-4H2;1H;/q;;;+1/p-1. The highest BCUT2D eigenvalue weighted by molar-refractivity contribution is 6.94. The molecule has 1 unspecified atom stereocenters. The Labute approximate surface area is 89.7 Å². The van der Waals surface area contributed by atoms with E-state index in [1.807, 2.05) is 0 Å². The summed E-state index contributed by atoms with van der Waals surface area (Å²) >= 11 is -0.200. The van der Waals surface area contributed by atoms with E-state index >= 15 is 0 Å². The van der Waals surface area contributed by atoms with Gasteiger partial charge in [0, 0.05) is 13.2 Å². The zero-order chi connectivity index (χ0) is 9.23. The molecule has 1 nitrogen and oxygen atoms in total.